The van der Waals surface area contributed by atoms with Crippen LogP contribution in [0.5, 0.6) is 0 Å². The van der Waals surface area contributed by atoms with Crippen molar-refractivity contribution in [3.05, 3.63) is 60.7 Å². The zero-order chi connectivity index (χ0) is 22.1. The summed E-state index contributed by atoms with van der Waals surface area (Å²) in [5, 5.41) is 13.2. The highest BCUT2D eigenvalue weighted by molar-refractivity contribution is 5.99. The number of likely N-dealkylation sites (N-methyl/N-ethyl adjacent to an activating group) is 1. The smallest absolute Gasteiger partial charge is 0.163 e. The molecule has 164 valence electrons. The highest BCUT2D eigenvalue weighted by atomic mass is 15.4. The van der Waals surface area contributed by atoms with Crippen LogP contribution in [-0.2, 0) is 0 Å². The van der Waals surface area contributed by atoms with E-state index in [1.54, 1.807) is 0 Å². The zero-order valence-corrected chi connectivity index (χ0v) is 18.6. The number of aryl methyl sites for hydroxylation is 1. The van der Waals surface area contributed by atoms with Gasteiger partial charge in [0.05, 0.1) is 23.6 Å². The van der Waals surface area contributed by atoms with Gasteiger partial charge < -0.3 is 4.90 Å². The minimum Gasteiger partial charge on any atom is -0.351 e. The number of H-pyrrole nitrogens is 1. The highest BCUT2D eigenvalue weighted by Gasteiger charge is 2.41. The average molecular weight is 437 g/mol. The lowest BCUT2D eigenvalue weighted by atomic mass is 10.0. The van der Waals surface area contributed by atoms with E-state index in [2.05, 4.69) is 58.2 Å². The Morgan fingerprint density at radius 2 is 1.88 bits per heavy atom. The van der Waals surface area contributed by atoms with Gasteiger partial charge in [-0.3, -0.25) is 10.00 Å². The second-order valence-corrected chi connectivity index (χ2v) is 9.25. The van der Waals surface area contributed by atoms with Crippen LogP contribution < -0.4 is 4.90 Å². The number of aromatic nitrogens is 6. The number of fused-ring (bicyclic) bond motifs is 4. The van der Waals surface area contributed by atoms with Gasteiger partial charge in [-0.15, -0.1) is 0 Å². The number of anilines is 1. The summed E-state index contributed by atoms with van der Waals surface area (Å²) in [5.74, 6) is 1.05. The van der Waals surface area contributed by atoms with Crippen LogP contribution in [0.1, 0.15) is 12.0 Å². The minimum atomic E-state index is 0.551. The van der Waals surface area contributed by atoms with E-state index in [4.69, 9.17) is 15.1 Å². The van der Waals surface area contributed by atoms with Crippen LogP contribution in [0.4, 0.5) is 5.82 Å². The van der Waals surface area contributed by atoms with E-state index in [1.165, 1.54) is 12.0 Å². The molecule has 2 aliphatic heterocycles. The van der Waals surface area contributed by atoms with Crippen molar-refractivity contribution in [2.75, 3.05) is 25.0 Å². The van der Waals surface area contributed by atoms with Crippen molar-refractivity contribution in [3.63, 3.8) is 0 Å². The topological polar surface area (TPSA) is 78.2 Å². The predicted molar refractivity (Wildman–Crippen MR) is 128 cm³/mol. The van der Waals surface area contributed by atoms with Crippen LogP contribution in [0.15, 0.2) is 55.1 Å². The Kier molecular flexibility index (Phi) is 3.90. The molecule has 1 aromatic carbocycles. The van der Waals surface area contributed by atoms with Crippen molar-refractivity contribution in [1.82, 2.24) is 34.7 Å². The number of aromatic amines is 1. The number of hydrogen-bond acceptors (Lipinski definition) is 6. The first-order valence-electron chi connectivity index (χ1n) is 11.4. The molecule has 2 atom stereocenters. The van der Waals surface area contributed by atoms with Gasteiger partial charge in [0.2, 0.25) is 0 Å². The van der Waals surface area contributed by atoms with Gasteiger partial charge in [0.1, 0.15) is 5.82 Å². The van der Waals surface area contributed by atoms with Crippen LogP contribution in [-0.4, -0.2) is 66.9 Å². The quantitative estimate of drug-likeness (QED) is 0.466. The molecule has 2 aliphatic rings. The second kappa shape index (κ2) is 6.86. The molecule has 4 aromatic heterocycles. The molecule has 0 radical (unpaired) electrons. The number of likely N-dealkylation sites (tertiary alicyclic amines) is 1. The van der Waals surface area contributed by atoms with Gasteiger partial charge in [-0.1, -0.05) is 12.1 Å². The first kappa shape index (κ1) is 18.8. The number of nitrogens with zero attached hydrogens (tertiary/aromatic N) is 7. The maximum Gasteiger partial charge on any atom is 0.163 e. The first-order chi connectivity index (χ1) is 16.2. The van der Waals surface area contributed by atoms with Gasteiger partial charge >= 0.3 is 0 Å². The fourth-order valence-corrected chi connectivity index (χ4v) is 5.59. The molecule has 33 heavy (non-hydrogen) atoms. The third-order valence-corrected chi connectivity index (χ3v) is 7.37. The predicted octanol–water partition coefficient (Wildman–Crippen LogP) is 3.54. The molecule has 2 fully saturated rings. The van der Waals surface area contributed by atoms with E-state index in [-0.39, 0.29) is 0 Å². The second-order valence-electron chi connectivity index (χ2n) is 9.25. The molecule has 0 aliphatic carbocycles. The van der Waals surface area contributed by atoms with Gasteiger partial charge in [-0.05, 0) is 49.7 Å². The Labute approximate surface area is 190 Å². The normalized spacial score (nSPS) is 20.5. The molecule has 7 rings (SSSR count). The highest BCUT2D eigenvalue weighted by Crippen LogP contribution is 2.35. The summed E-state index contributed by atoms with van der Waals surface area (Å²) in [6.45, 7) is 4.24. The monoisotopic (exact) mass is 436 g/mol. The molecular formula is C25H24N8. The summed E-state index contributed by atoms with van der Waals surface area (Å²) < 4.78 is 1.93. The van der Waals surface area contributed by atoms with E-state index < -0.39 is 0 Å². The van der Waals surface area contributed by atoms with Crippen LogP contribution in [0.3, 0.4) is 0 Å². The lowest BCUT2D eigenvalue weighted by molar-refractivity contribution is 0.292. The number of nitrogens with one attached hydrogen (secondary N) is 1. The van der Waals surface area contributed by atoms with Crippen LogP contribution >= 0.6 is 0 Å². The Bertz CT molecular complexity index is 1510. The van der Waals surface area contributed by atoms with Gasteiger partial charge in [-0.2, -0.15) is 10.2 Å². The fourth-order valence-electron chi connectivity index (χ4n) is 5.59. The third-order valence-electron chi connectivity index (χ3n) is 7.37. The summed E-state index contributed by atoms with van der Waals surface area (Å²) >= 11 is 0. The summed E-state index contributed by atoms with van der Waals surface area (Å²) in [4.78, 5) is 14.3. The molecular weight excluding hydrogens is 412 g/mol. The molecule has 5 aromatic rings. The Hall–Kier alpha value is -3.78. The van der Waals surface area contributed by atoms with E-state index in [0.29, 0.717) is 12.1 Å². The summed E-state index contributed by atoms with van der Waals surface area (Å²) in [6.07, 6.45) is 8.78. The Balaban J connectivity index is 1.32. The molecule has 2 saturated heterocycles. The number of hydrogen-bond donors (Lipinski definition) is 1. The van der Waals surface area contributed by atoms with Crippen molar-refractivity contribution in [2.45, 2.75) is 25.4 Å². The molecule has 2 bridgehead atoms. The van der Waals surface area contributed by atoms with Crippen molar-refractivity contribution in [1.29, 1.82) is 0 Å². The number of benzene rings is 1. The summed E-state index contributed by atoms with van der Waals surface area (Å²) in [5.41, 5.74) is 7.23. The summed E-state index contributed by atoms with van der Waals surface area (Å²) in [6, 6.07) is 11.7. The van der Waals surface area contributed by atoms with Crippen LogP contribution in [0, 0.1) is 6.92 Å². The van der Waals surface area contributed by atoms with Crippen LogP contribution in [0.2, 0.25) is 0 Å². The zero-order valence-electron chi connectivity index (χ0n) is 18.6. The Morgan fingerprint density at radius 1 is 0.970 bits per heavy atom. The van der Waals surface area contributed by atoms with E-state index >= 15 is 0 Å². The van der Waals surface area contributed by atoms with E-state index in [9.17, 15) is 0 Å². The van der Waals surface area contributed by atoms with E-state index in [1.807, 2.05) is 35.4 Å². The third kappa shape index (κ3) is 2.74. The Morgan fingerprint density at radius 3 is 2.73 bits per heavy atom. The van der Waals surface area contributed by atoms with Gasteiger partial charge in [0.25, 0.3) is 0 Å². The number of rotatable bonds is 3. The van der Waals surface area contributed by atoms with Gasteiger partial charge in [0, 0.05) is 54.1 Å². The van der Waals surface area contributed by atoms with Crippen molar-refractivity contribution >= 4 is 22.4 Å². The lowest BCUT2D eigenvalue weighted by Gasteiger charge is -2.32. The molecule has 6 heterocycles. The van der Waals surface area contributed by atoms with Crippen LogP contribution in [0.25, 0.3) is 38.9 Å². The fraction of sp³-hybridized carbons (Fsp3) is 0.280. The maximum absolute atomic E-state index is 4.74. The maximum atomic E-state index is 4.74. The molecule has 0 spiro atoms. The first-order valence-corrected chi connectivity index (χ1v) is 11.4. The molecule has 0 saturated carbocycles. The van der Waals surface area contributed by atoms with Gasteiger partial charge in [0.15, 0.2) is 5.65 Å². The molecule has 0 amide bonds. The largest absolute Gasteiger partial charge is 0.351 e. The lowest BCUT2D eigenvalue weighted by Crippen LogP contribution is -2.44. The number of piperazine rings is 1. The summed E-state index contributed by atoms with van der Waals surface area (Å²) in [7, 11) is 2.22. The molecule has 1 N–H and O–H groups in total. The SMILES string of the molecule is Cc1ccc(-c2cnn3c(-c4ccnc(N5C[C@@H]6C[C@H]5CN6C)c4)ccnc23)c2cn[nH]c12. The minimum absolute atomic E-state index is 0.551. The molecule has 0 unspecified atom stereocenters. The van der Waals surface area contributed by atoms with Gasteiger partial charge in [-0.25, -0.2) is 14.5 Å². The van der Waals surface area contributed by atoms with Crippen molar-refractivity contribution in [3.8, 4) is 22.4 Å². The number of pyridine rings is 1. The average Bonchev–Trinajstić information content (AvgIpc) is 3.62. The van der Waals surface area contributed by atoms with Crippen molar-refractivity contribution < 1.29 is 0 Å². The standard InChI is InChI=1S/C25H24N8/c1-15-3-4-19(20-11-28-30-24(15)20)21-12-29-33-22(6-8-27-25(21)33)16-5-7-26-23(9-16)32-14-17-10-18(32)13-31(17)2/h3-9,11-12,17-18H,10,13-14H2,1-2H3,(H,28,30)/t17-,18-/m0/s1. The molecule has 8 heteroatoms. The van der Waals surface area contributed by atoms with Crippen molar-refractivity contribution in [2.24, 2.45) is 0 Å². The molecule has 8 nitrogen and oxygen atoms in total. The van der Waals surface area contributed by atoms with E-state index in [0.717, 1.165) is 57.8 Å².